The zero-order valence-corrected chi connectivity index (χ0v) is 13.5. The molecule has 124 valence electrons. The highest BCUT2D eigenvalue weighted by Gasteiger charge is 2.63. The van der Waals surface area contributed by atoms with Crippen molar-refractivity contribution in [2.75, 3.05) is 13.2 Å². The predicted octanol–water partition coefficient (Wildman–Crippen LogP) is 2.89. The Balaban J connectivity index is 1.79. The van der Waals surface area contributed by atoms with Crippen molar-refractivity contribution in [3.8, 4) is 0 Å². The highest BCUT2D eigenvalue weighted by atomic mass is 19.1. The van der Waals surface area contributed by atoms with E-state index in [0.717, 1.165) is 5.56 Å². The van der Waals surface area contributed by atoms with Crippen LogP contribution in [-0.4, -0.2) is 36.1 Å². The van der Waals surface area contributed by atoms with Gasteiger partial charge in [-0.1, -0.05) is 30.3 Å². The Bertz CT molecular complexity index is 600. The van der Waals surface area contributed by atoms with Gasteiger partial charge in [-0.3, -0.25) is 9.59 Å². The van der Waals surface area contributed by atoms with Gasteiger partial charge < -0.3 is 9.64 Å². The van der Waals surface area contributed by atoms with Crippen LogP contribution in [0.5, 0.6) is 0 Å². The van der Waals surface area contributed by atoms with Gasteiger partial charge in [-0.2, -0.15) is 0 Å². The first kappa shape index (κ1) is 16.0. The molecule has 0 spiro atoms. The lowest BCUT2D eigenvalue weighted by Gasteiger charge is -2.26. The summed E-state index contributed by atoms with van der Waals surface area (Å²) in [6.07, 6.45) is -0.400. The molecule has 2 aliphatic rings. The Morgan fingerprint density at radius 2 is 2.04 bits per heavy atom. The summed E-state index contributed by atoms with van der Waals surface area (Å²) in [7, 11) is 0. The molecule has 1 aliphatic carbocycles. The average Bonchev–Trinajstić information content (AvgIpc) is 3.31. The average molecular weight is 319 g/mol. The normalized spacial score (nSPS) is 26.9. The van der Waals surface area contributed by atoms with Crippen LogP contribution in [0.25, 0.3) is 0 Å². The Labute approximate surface area is 135 Å². The highest BCUT2D eigenvalue weighted by molar-refractivity contribution is 5.88. The number of carbonyl (C=O) groups excluding carboxylic acids is 2. The summed E-state index contributed by atoms with van der Waals surface area (Å²) in [4.78, 5) is 26.1. The molecule has 2 fully saturated rings. The fourth-order valence-corrected chi connectivity index (χ4v) is 3.58. The van der Waals surface area contributed by atoms with Crippen LogP contribution in [0.4, 0.5) is 4.39 Å². The SMILES string of the molecule is CCOC(=O)C1([C@H]2CN(C(C)c3ccccc3)C(=O)[C@H]2F)CC1. The lowest BCUT2D eigenvalue weighted by Crippen LogP contribution is -2.34. The topological polar surface area (TPSA) is 46.6 Å². The first-order valence-corrected chi connectivity index (χ1v) is 8.18. The van der Waals surface area contributed by atoms with Gasteiger partial charge in [0.15, 0.2) is 6.17 Å². The summed E-state index contributed by atoms with van der Waals surface area (Å²) in [5, 5.41) is 0. The summed E-state index contributed by atoms with van der Waals surface area (Å²) in [5.41, 5.74) is 0.172. The lowest BCUT2D eigenvalue weighted by molar-refractivity contribution is -0.152. The number of alkyl halides is 1. The van der Waals surface area contributed by atoms with E-state index in [-0.39, 0.29) is 25.2 Å². The molecule has 1 saturated carbocycles. The molecule has 4 nitrogen and oxygen atoms in total. The lowest BCUT2D eigenvalue weighted by atomic mass is 9.87. The highest BCUT2D eigenvalue weighted by Crippen LogP contribution is 2.57. The summed E-state index contributed by atoms with van der Waals surface area (Å²) in [5.74, 6) is -1.46. The van der Waals surface area contributed by atoms with Crippen molar-refractivity contribution in [1.29, 1.82) is 0 Å². The molecule has 1 heterocycles. The van der Waals surface area contributed by atoms with Gasteiger partial charge in [0.25, 0.3) is 5.91 Å². The van der Waals surface area contributed by atoms with Crippen LogP contribution in [0.3, 0.4) is 0 Å². The molecule has 5 heteroatoms. The summed E-state index contributed by atoms with van der Waals surface area (Å²) < 4.78 is 19.8. The van der Waals surface area contributed by atoms with E-state index in [1.165, 1.54) is 0 Å². The van der Waals surface area contributed by atoms with Crippen molar-refractivity contribution in [3.05, 3.63) is 35.9 Å². The number of hydrogen-bond donors (Lipinski definition) is 0. The molecule has 1 aromatic rings. The third-order valence-corrected chi connectivity index (χ3v) is 5.20. The van der Waals surface area contributed by atoms with Gasteiger partial charge in [0.05, 0.1) is 18.1 Å². The molecule has 3 atom stereocenters. The monoisotopic (exact) mass is 319 g/mol. The van der Waals surface area contributed by atoms with Crippen LogP contribution in [0.2, 0.25) is 0 Å². The minimum Gasteiger partial charge on any atom is -0.466 e. The second-order valence-electron chi connectivity index (χ2n) is 6.46. The first-order chi connectivity index (χ1) is 11.0. The zero-order valence-electron chi connectivity index (χ0n) is 13.5. The number of halogens is 1. The van der Waals surface area contributed by atoms with E-state index in [2.05, 4.69) is 0 Å². The molecule has 1 unspecified atom stereocenters. The number of esters is 1. The van der Waals surface area contributed by atoms with Crippen molar-refractivity contribution in [1.82, 2.24) is 4.90 Å². The number of hydrogen-bond acceptors (Lipinski definition) is 3. The minimum atomic E-state index is -1.62. The predicted molar refractivity (Wildman–Crippen MR) is 83.3 cm³/mol. The minimum absolute atomic E-state index is 0.204. The number of ether oxygens (including phenoxy) is 1. The standard InChI is InChI=1S/C18H22FNO3/c1-3-23-17(22)18(9-10-18)14-11-20(16(21)15(14)19)12(2)13-7-5-4-6-8-13/h4-8,12,14-15H,3,9-11H2,1-2H3/t12?,14-,15-/m0/s1. The zero-order chi connectivity index (χ0) is 16.6. The van der Waals surface area contributed by atoms with Crippen LogP contribution in [0.15, 0.2) is 30.3 Å². The fraction of sp³-hybridized carbons (Fsp3) is 0.556. The summed E-state index contributed by atoms with van der Waals surface area (Å²) in [6.45, 7) is 4.19. The van der Waals surface area contributed by atoms with E-state index < -0.39 is 23.4 Å². The summed E-state index contributed by atoms with van der Waals surface area (Å²) in [6, 6.07) is 9.36. The third-order valence-electron chi connectivity index (χ3n) is 5.20. The van der Waals surface area contributed by atoms with Crippen LogP contribution in [0, 0.1) is 11.3 Å². The number of nitrogens with zero attached hydrogens (tertiary/aromatic N) is 1. The van der Waals surface area contributed by atoms with Gasteiger partial charge in [0, 0.05) is 12.5 Å². The maximum atomic E-state index is 14.6. The third kappa shape index (κ3) is 2.62. The Morgan fingerprint density at radius 3 is 2.61 bits per heavy atom. The van der Waals surface area contributed by atoms with E-state index in [1.54, 1.807) is 11.8 Å². The first-order valence-electron chi connectivity index (χ1n) is 8.18. The molecule has 0 aromatic heterocycles. The number of benzene rings is 1. The Hall–Kier alpha value is -1.91. The van der Waals surface area contributed by atoms with Gasteiger partial charge in [0.1, 0.15) is 0 Å². The van der Waals surface area contributed by atoms with Crippen molar-refractivity contribution in [2.45, 2.75) is 38.9 Å². The van der Waals surface area contributed by atoms with Crippen molar-refractivity contribution in [2.24, 2.45) is 11.3 Å². The van der Waals surface area contributed by atoms with Crippen LogP contribution in [-0.2, 0) is 14.3 Å². The van der Waals surface area contributed by atoms with Crippen molar-refractivity contribution < 1.29 is 18.7 Å². The number of carbonyl (C=O) groups is 2. The van der Waals surface area contributed by atoms with Gasteiger partial charge >= 0.3 is 5.97 Å². The fourth-order valence-electron chi connectivity index (χ4n) is 3.58. The van der Waals surface area contributed by atoms with Gasteiger partial charge in [0.2, 0.25) is 0 Å². The quantitative estimate of drug-likeness (QED) is 0.784. The number of amides is 1. The number of rotatable bonds is 5. The summed E-state index contributed by atoms with van der Waals surface area (Å²) >= 11 is 0. The molecule has 3 rings (SSSR count). The van der Waals surface area contributed by atoms with E-state index in [9.17, 15) is 14.0 Å². The Morgan fingerprint density at radius 1 is 1.39 bits per heavy atom. The molecule has 23 heavy (non-hydrogen) atoms. The van der Waals surface area contributed by atoms with Crippen LogP contribution < -0.4 is 0 Å². The molecule has 0 N–H and O–H groups in total. The molecular weight excluding hydrogens is 297 g/mol. The van der Waals surface area contributed by atoms with Crippen LogP contribution in [0.1, 0.15) is 38.3 Å². The van der Waals surface area contributed by atoms with Gasteiger partial charge in [-0.15, -0.1) is 0 Å². The largest absolute Gasteiger partial charge is 0.466 e. The van der Waals surface area contributed by atoms with Gasteiger partial charge in [-0.05, 0) is 32.3 Å². The second kappa shape index (κ2) is 5.95. The second-order valence-corrected chi connectivity index (χ2v) is 6.46. The molecular formula is C18H22FNO3. The van der Waals surface area contributed by atoms with E-state index in [1.807, 2.05) is 37.3 Å². The molecule has 0 radical (unpaired) electrons. The molecule has 1 amide bonds. The van der Waals surface area contributed by atoms with E-state index in [0.29, 0.717) is 12.8 Å². The van der Waals surface area contributed by atoms with Crippen LogP contribution >= 0.6 is 0 Å². The molecule has 0 bridgehead atoms. The van der Waals surface area contributed by atoms with Crippen molar-refractivity contribution in [3.63, 3.8) is 0 Å². The molecule has 1 saturated heterocycles. The maximum absolute atomic E-state index is 14.6. The Kier molecular flexibility index (Phi) is 4.13. The van der Waals surface area contributed by atoms with Gasteiger partial charge in [-0.25, -0.2) is 4.39 Å². The molecule has 1 aromatic carbocycles. The van der Waals surface area contributed by atoms with E-state index >= 15 is 0 Å². The maximum Gasteiger partial charge on any atom is 0.312 e. The molecule has 1 aliphatic heterocycles. The van der Waals surface area contributed by atoms with E-state index in [4.69, 9.17) is 4.74 Å². The van der Waals surface area contributed by atoms with Crippen molar-refractivity contribution >= 4 is 11.9 Å². The number of likely N-dealkylation sites (tertiary alicyclic amines) is 1. The smallest absolute Gasteiger partial charge is 0.312 e.